The van der Waals surface area contributed by atoms with Gasteiger partial charge in [-0.05, 0) is 34.7 Å². The Kier molecular flexibility index (Phi) is 1.84. The van der Waals surface area contributed by atoms with E-state index in [-0.39, 0.29) is 5.43 Å². The number of nitrogens with zero attached hydrogens (tertiary/aromatic N) is 1. The predicted molar refractivity (Wildman–Crippen MR) is 55.1 cm³/mol. The lowest BCUT2D eigenvalue weighted by Crippen LogP contribution is -2.03. The molecule has 0 aliphatic heterocycles. The zero-order chi connectivity index (χ0) is 8.55. The topological polar surface area (TPSA) is 45.8 Å². The summed E-state index contributed by atoms with van der Waals surface area (Å²) in [6.45, 7) is 0. The smallest absolute Gasteiger partial charge is 0.207 e. The Labute approximate surface area is 81.9 Å². The van der Waals surface area contributed by atoms with Gasteiger partial charge in [0, 0.05) is 8.96 Å². The molecule has 0 fully saturated rings. The van der Waals surface area contributed by atoms with E-state index in [9.17, 15) is 4.79 Å². The van der Waals surface area contributed by atoms with Gasteiger partial charge in [0.25, 0.3) is 0 Å². The van der Waals surface area contributed by atoms with Crippen molar-refractivity contribution in [3.63, 3.8) is 0 Å². The fraction of sp³-hybridized carbons (Fsp3) is 0. The quantitative estimate of drug-likeness (QED) is 0.739. The average Bonchev–Trinajstić information content (AvgIpc) is 2.07. The van der Waals surface area contributed by atoms with Crippen molar-refractivity contribution in [2.24, 2.45) is 0 Å². The van der Waals surface area contributed by atoms with Crippen LogP contribution in [0.5, 0.6) is 0 Å². The van der Waals surface area contributed by atoms with E-state index in [1.54, 1.807) is 6.07 Å². The van der Waals surface area contributed by atoms with Crippen molar-refractivity contribution >= 4 is 33.5 Å². The van der Waals surface area contributed by atoms with Gasteiger partial charge in [-0.2, -0.15) is 5.10 Å². The molecule has 3 nitrogen and oxygen atoms in total. The maximum Gasteiger partial charge on any atom is 0.207 e. The number of halogens is 1. The minimum atomic E-state index is -0.0396. The van der Waals surface area contributed by atoms with E-state index >= 15 is 0 Å². The molecule has 0 unspecified atom stereocenters. The van der Waals surface area contributed by atoms with Crippen LogP contribution in [0.4, 0.5) is 0 Å². The third-order valence-electron chi connectivity index (χ3n) is 1.64. The van der Waals surface area contributed by atoms with E-state index in [2.05, 4.69) is 32.8 Å². The Hall–Kier alpha value is -0.910. The molecule has 0 bridgehead atoms. The monoisotopic (exact) mass is 272 g/mol. The van der Waals surface area contributed by atoms with E-state index in [0.29, 0.717) is 5.39 Å². The van der Waals surface area contributed by atoms with Crippen LogP contribution in [0.1, 0.15) is 0 Å². The average molecular weight is 272 g/mol. The molecular formula is C8H5IN2O. The highest BCUT2D eigenvalue weighted by Crippen LogP contribution is 2.13. The van der Waals surface area contributed by atoms with E-state index in [4.69, 9.17) is 0 Å². The summed E-state index contributed by atoms with van der Waals surface area (Å²) in [5, 5.41) is 7.22. The molecule has 0 amide bonds. The number of aromatic amines is 1. The van der Waals surface area contributed by atoms with E-state index < -0.39 is 0 Å². The first-order valence-corrected chi connectivity index (χ1v) is 4.49. The van der Waals surface area contributed by atoms with Gasteiger partial charge in [-0.15, -0.1) is 0 Å². The molecule has 0 aliphatic rings. The highest BCUT2D eigenvalue weighted by atomic mass is 127. The van der Waals surface area contributed by atoms with Gasteiger partial charge in [0.05, 0.1) is 11.7 Å². The van der Waals surface area contributed by atoms with Gasteiger partial charge in [-0.25, -0.2) is 0 Å². The molecule has 1 aromatic heterocycles. The van der Waals surface area contributed by atoms with Crippen LogP contribution in [0.3, 0.4) is 0 Å². The number of hydrogen-bond donors (Lipinski definition) is 1. The lowest BCUT2D eigenvalue weighted by Gasteiger charge is -1.96. The maximum atomic E-state index is 11.2. The molecular weight excluding hydrogens is 267 g/mol. The Morgan fingerprint density at radius 3 is 3.00 bits per heavy atom. The molecule has 2 aromatic rings. The molecule has 4 heteroatoms. The number of aromatic nitrogens is 2. The molecule has 12 heavy (non-hydrogen) atoms. The number of hydrogen-bond acceptors (Lipinski definition) is 2. The summed E-state index contributed by atoms with van der Waals surface area (Å²) in [7, 11) is 0. The summed E-state index contributed by atoms with van der Waals surface area (Å²) in [6.07, 6.45) is 1.29. The molecule has 1 aromatic carbocycles. The summed E-state index contributed by atoms with van der Waals surface area (Å²) in [4.78, 5) is 11.2. The summed E-state index contributed by atoms with van der Waals surface area (Å²) in [5.41, 5.74) is 0.771. The second-order valence-corrected chi connectivity index (χ2v) is 3.56. The molecule has 0 atom stereocenters. The highest BCUT2D eigenvalue weighted by Gasteiger charge is 1.99. The van der Waals surface area contributed by atoms with Gasteiger partial charge in [0.15, 0.2) is 0 Å². The summed E-state index contributed by atoms with van der Waals surface area (Å²) in [5.74, 6) is 0. The first kappa shape index (κ1) is 7.72. The van der Waals surface area contributed by atoms with Gasteiger partial charge in [-0.1, -0.05) is 6.07 Å². The molecule has 0 saturated carbocycles. The molecule has 0 aliphatic carbocycles. The van der Waals surface area contributed by atoms with Crippen LogP contribution >= 0.6 is 22.6 Å². The SMILES string of the molecule is O=c1cn[nH]c2c(I)cccc12. The highest BCUT2D eigenvalue weighted by molar-refractivity contribution is 14.1. The summed E-state index contributed by atoms with van der Waals surface area (Å²) >= 11 is 2.16. The van der Waals surface area contributed by atoms with Gasteiger partial charge < -0.3 is 0 Å². The predicted octanol–water partition coefficient (Wildman–Crippen LogP) is 1.53. The zero-order valence-electron chi connectivity index (χ0n) is 6.04. The fourth-order valence-corrected chi connectivity index (χ4v) is 1.69. The minimum Gasteiger partial charge on any atom is -0.287 e. The fourth-order valence-electron chi connectivity index (χ4n) is 1.07. The summed E-state index contributed by atoms with van der Waals surface area (Å²) < 4.78 is 1.01. The van der Waals surface area contributed by atoms with Crippen molar-refractivity contribution in [2.45, 2.75) is 0 Å². The standard InChI is InChI=1S/C8H5IN2O/c9-6-3-1-2-5-7(12)4-10-11-8(5)6/h1-4H,(H,11,12). The first-order chi connectivity index (χ1) is 5.79. The largest absolute Gasteiger partial charge is 0.287 e. The van der Waals surface area contributed by atoms with Crippen molar-refractivity contribution in [3.8, 4) is 0 Å². The first-order valence-electron chi connectivity index (χ1n) is 3.41. The van der Waals surface area contributed by atoms with Crippen LogP contribution in [0.25, 0.3) is 10.9 Å². The van der Waals surface area contributed by atoms with Crippen LogP contribution in [0, 0.1) is 3.57 Å². The number of benzene rings is 1. The zero-order valence-corrected chi connectivity index (χ0v) is 8.20. The second-order valence-electron chi connectivity index (χ2n) is 2.40. The van der Waals surface area contributed by atoms with Crippen molar-refractivity contribution < 1.29 is 0 Å². The number of fused-ring (bicyclic) bond motifs is 1. The van der Waals surface area contributed by atoms with Crippen LogP contribution < -0.4 is 5.43 Å². The summed E-state index contributed by atoms with van der Waals surface area (Å²) in [6, 6.07) is 5.58. The van der Waals surface area contributed by atoms with Crippen LogP contribution in [0.2, 0.25) is 0 Å². The van der Waals surface area contributed by atoms with Crippen molar-refractivity contribution in [1.82, 2.24) is 10.2 Å². The Morgan fingerprint density at radius 1 is 1.42 bits per heavy atom. The number of nitrogens with one attached hydrogen (secondary N) is 1. The van der Waals surface area contributed by atoms with Crippen molar-refractivity contribution in [2.75, 3.05) is 0 Å². The Bertz CT molecular complexity index is 478. The van der Waals surface area contributed by atoms with E-state index in [0.717, 1.165) is 9.09 Å². The Morgan fingerprint density at radius 2 is 2.25 bits per heavy atom. The van der Waals surface area contributed by atoms with Crippen LogP contribution in [-0.4, -0.2) is 10.2 Å². The maximum absolute atomic E-state index is 11.2. The van der Waals surface area contributed by atoms with Crippen molar-refractivity contribution in [3.05, 3.63) is 38.2 Å². The van der Waals surface area contributed by atoms with E-state index in [1.165, 1.54) is 6.20 Å². The normalized spacial score (nSPS) is 10.4. The van der Waals surface area contributed by atoms with Crippen molar-refractivity contribution in [1.29, 1.82) is 0 Å². The molecule has 0 spiro atoms. The van der Waals surface area contributed by atoms with Gasteiger partial charge in [-0.3, -0.25) is 9.89 Å². The number of para-hydroxylation sites is 1. The molecule has 0 saturated heterocycles. The Balaban J connectivity index is 3.05. The van der Waals surface area contributed by atoms with Gasteiger partial charge >= 0.3 is 0 Å². The lowest BCUT2D eigenvalue weighted by molar-refractivity contribution is 1.06. The second kappa shape index (κ2) is 2.85. The molecule has 60 valence electrons. The molecule has 1 heterocycles. The minimum absolute atomic E-state index is 0.0396. The van der Waals surface area contributed by atoms with Crippen LogP contribution in [-0.2, 0) is 0 Å². The third kappa shape index (κ3) is 1.12. The number of H-pyrrole nitrogens is 1. The van der Waals surface area contributed by atoms with Gasteiger partial charge in [0.1, 0.15) is 0 Å². The molecule has 0 radical (unpaired) electrons. The lowest BCUT2D eigenvalue weighted by atomic mass is 10.2. The third-order valence-corrected chi connectivity index (χ3v) is 2.54. The number of rotatable bonds is 0. The molecule has 1 N–H and O–H groups in total. The molecule has 2 rings (SSSR count). The van der Waals surface area contributed by atoms with E-state index in [1.807, 2.05) is 12.1 Å². The van der Waals surface area contributed by atoms with Gasteiger partial charge in [0.2, 0.25) is 5.43 Å². The van der Waals surface area contributed by atoms with Crippen LogP contribution in [0.15, 0.2) is 29.2 Å².